The number of carbonyl (C=O) groups is 2. The van der Waals surface area contributed by atoms with E-state index in [1.54, 1.807) is 24.3 Å². The SMILES string of the molecule is Cc1ccc(NC(=O)c2cccc(C(=O)NC(C)(C)C)c2)cc1. The largest absolute Gasteiger partial charge is 0.347 e. The first-order valence-corrected chi connectivity index (χ1v) is 7.55. The molecule has 0 fully saturated rings. The predicted octanol–water partition coefficient (Wildman–Crippen LogP) is 3.78. The van der Waals surface area contributed by atoms with Crippen LogP contribution in [0.15, 0.2) is 48.5 Å². The van der Waals surface area contributed by atoms with Crippen LogP contribution in [0, 0.1) is 6.92 Å². The van der Waals surface area contributed by atoms with Crippen molar-refractivity contribution in [2.75, 3.05) is 5.32 Å². The van der Waals surface area contributed by atoms with Crippen molar-refractivity contribution in [1.29, 1.82) is 0 Å². The Morgan fingerprint density at radius 3 is 2.00 bits per heavy atom. The minimum atomic E-state index is -0.322. The van der Waals surface area contributed by atoms with Crippen molar-refractivity contribution < 1.29 is 9.59 Å². The Bertz CT molecular complexity index is 713. The number of benzene rings is 2. The molecule has 2 aromatic rings. The van der Waals surface area contributed by atoms with Crippen LogP contribution in [0.2, 0.25) is 0 Å². The third-order valence-corrected chi connectivity index (χ3v) is 3.18. The molecule has 2 N–H and O–H groups in total. The van der Waals surface area contributed by atoms with Crippen LogP contribution in [0.3, 0.4) is 0 Å². The van der Waals surface area contributed by atoms with Crippen LogP contribution in [-0.2, 0) is 0 Å². The molecule has 120 valence electrons. The summed E-state index contributed by atoms with van der Waals surface area (Å²) in [5, 5.41) is 5.72. The molecule has 2 amide bonds. The Hall–Kier alpha value is -2.62. The van der Waals surface area contributed by atoms with Gasteiger partial charge in [-0.3, -0.25) is 9.59 Å². The third-order valence-electron chi connectivity index (χ3n) is 3.18. The summed E-state index contributed by atoms with van der Waals surface area (Å²) in [5.41, 5.74) is 2.45. The number of hydrogen-bond acceptors (Lipinski definition) is 2. The molecule has 0 aliphatic rings. The van der Waals surface area contributed by atoms with Gasteiger partial charge in [0.25, 0.3) is 11.8 Å². The van der Waals surface area contributed by atoms with Gasteiger partial charge >= 0.3 is 0 Å². The van der Waals surface area contributed by atoms with E-state index < -0.39 is 0 Å². The van der Waals surface area contributed by atoms with Crippen molar-refractivity contribution >= 4 is 17.5 Å². The highest BCUT2D eigenvalue weighted by atomic mass is 16.2. The quantitative estimate of drug-likeness (QED) is 0.906. The number of rotatable bonds is 3. The summed E-state index contributed by atoms with van der Waals surface area (Å²) < 4.78 is 0. The molecule has 0 atom stereocenters. The van der Waals surface area contributed by atoms with Gasteiger partial charge in [-0.1, -0.05) is 23.8 Å². The summed E-state index contributed by atoms with van der Waals surface area (Å²) in [6.45, 7) is 7.74. The van der Waals surface area contributed by atoms with Crippen LogP contribution in [0.4, 0.5) is 5.69 Å². The molecule has 4 nitrogen and oxygen atoms in total. The standard InChI is InChI=1S/C19H22N2O2/c1-13-8-10-16(11-9-13)20-17(22)14-6-5-7-15(12-14)18(23)21-19(2,3)4/h5-12H,1-4H3,(H,20,22)(H,21,23). The normalized spacial score (nSPS) is 11.0. The number of anilines is 1. The van der Waals surface area contributed by atoms with Gasteiger partial charge in [0.05, 0.1) is 0 Å². The molecule has 2 aromatic carbocycles. The lowest BCUT2D eigenvalue weighted by molar-refractivity contribution is 0.0919. The first-order valence-electron chi connectivity index (χ1n) is 7.55. The highest BCUT2D eigenvalue weighted by Gasteiger charge is 2.16. The van der Waals surface area contributed by atoms with Crippen molar-refractivity contribution in [2.45, 2.75) is 33.2 Å². The summed E-state index contributed by atoms with van der Waals surface area (Å²) in [5.74, 6) is -0.429. The molecule has 0 aliphatic carbocycles. The number of hydrogen-bond donors (Lipinski definition) is 2. The maximum absolute atomic E-state index is 12.3. The Balaban J connectivity index is 2.14. The van der Waals surface area contributed by atoms with Crippen LogP contribution >= 0.6 is 0 Å². The Labute approximate surface area is 136 Å². The van der Waals surface area contributed by atoms with Crippen LogP contribution in [-0.4, -0.2) is 17.4 Å². The van der Waals surface area contributed by atoms with Crippen molar-refractivity contribution in [1.82, 2.24) is 5.32 Å². The van der Waals surface area contributed by atoms with E-state index in [2.05, 4.69) is 10.6 Å². The Morgan fingerprint density at radius 1 is 0.870 bits per heavy atom. The minimum absolute atomic E-state index is 0.192. The second kappa shape index (κ2) is 6.65. The number of nitrogens with one attached hydrogen (secondary N) is 2. The first-order chi connectivity index (χ1) is 10.7. The van der Waals surface area contributed by atoms with Gasteiger partial charge in [0.15, 0.2) is 0 Å². The average Bonchev–Trinajstić information content (AvgIpc) is 2.48. The zero-order chi connectivity index (χ0) is 17.0. The monoisotopic (exact) mass is 310 g/mol. The van der Waals surface area contributed by atoms with Gasteiger partial charge in [0, 0.05) is 22.4 Å². The average molecular weight is 310 g/mol. The molecule has 0 saturated carbocycles. The van der Waals surface area contributed by atoms with Gasteiger partial charge in [0.2, 0.25) is 0 Å². The molecular weight excluding hydrogens is 288 g/mol. The summed E-state index contributed by atoms with van der Waals surface area (Å²) in [6.07, 6.45) is 0. The lowest BCUT2D eigenvalue weighted by Gasteiger charge is -2.20. The molecule has 0 bridgehead atoms. The van der Waals surface area contributed by atoms with Gasteiger partial charge in [-0.15, -0.1) is 0 Å². The Kier molecular flexibility index (Phi) is 4.84. The second-order valence-electron chi connectivity index (χ2n) is 6.61. The number of aryl methyl sites for hydroxylation is 1. The summed E-state index contributed by atoms with van der Waals surface area (Å²) >= 11 is 0. The van der Waals surface area contributed by atoms with E-state index in [4.69, 9.17) is 0 Å². The van der Waals surface area contributed by atoms with E-state index in [-0.39, 0.29) is 17.4 Å². The van der Waals surface area contributed by atoms with Crippen molar-refractivity contribution in [3.05, 3.63) is 65.2 Å². The van der Waals surface area contributed by atoms with E-state index >= 15 is 0 Å². The molecule has 0 unspecified atom stereocenters. The smallest absolute Gasteiger partial charge is 0.255 e. The van der Waals surface area contributed by atoms with Crippen LogP contribution in [0.25, 0.3) is 0 Å². The van der Waals surface area contributed by atoms with E-state index in [1.165, 1.54) is 0 Å². The zero-order valence-corrected chi connectivity index (χ0v) is 13.9. The van der Waals surface area contributed by atoms with Gasteiger partial charge in [0.1, 0.15) is 0 Å². The van der Waals surface area contributed by atoms with E-state index in [9.17, 15) is 9.59 Å². The first kappa shape index (κ1) is 16.7. The molecule has 2 rings (SSSR count). The molecular formula is C19H22N2O2. The van der Waals surface area contributed by atoms with Gasteiger partial charge < -0.3 is 10.6 Å². The van der Waals surface area contributed by atoms with Gasteiger partial charge in [-0.2, -0.15) is 0 Å². The highest BCUT2D eigenvalue weighted by Crippen LogP contribution is 2.13. The summed E-state index contributed by atoms with van der Waals surface area (Å²) in [7, 11) is 0. The fraction of sp³-hybridized carbons (Fsp3) is 0.263. The van der Waals surface area contributed by atoms with Crippen LogP contribution in [0.1, 0.15) is 47.1 Å². The molecule has 23 heavy (non-hydrogen) atoms. The molecule has 0 aromatic heterocycles. The van der Waals surface area contributed by atoms with E-state index in [0.717, 1.165) is 11.3 Å². The molecule has 0 aliphatic heterocycles. The maximum Gasteiger partial charge on any atom is 0.255 e. The molecule has 0 radical (unpaired) electrons. The highest BCUT2D eigenvalue weighted by molar-refractivity contribution is 6.06. The summed E-state index contributed by atoms with van der Waals surface area (Å²) in [4.78, 5) is 24.5. The summed E-state index contributed by atoms with van der Waals surface area (Å²) in [6, 6.07) is 14.3. The van der Waals surface area contributed by atoms with Crippen molar-refractivity contribution in [2.24, 2.45) is 0 Å². The van der Waals surface area contributed by atoms with E-state index in [1.807, 2.05) is 52.0 Å². The minimum Gasteiger partial charge on any atom is -0.347 e. The van der Waals surface area contributed by atoms with Gasteiger partial charge in [-0.05, 0) is 58.0 Å². The van der Waals surface area contributed by atoms with Crippen molar-refractivity contribution in [3.63, 3.8) is 0 Å². The van der Waals surface area contributed by atoms with E-state index in [0.29, 0.717) is 11.1 Å². The predicted molar refractivity (Wildman–Crippen MR) is 92.8 cm³/mol. The number of carbonyl (C=O) groups excluding carboxylic acids is 2. The zero-order valence-electron chi connectivity index (χ0n) is 13.9. The maximum atomic E-state index is 12.3. The van der Waals surface area contributed by atoms with Crippen LogP contribution < -0.4 is 10.6 Å². The molecule has 0 spiro atoms. The lowest BCUT2D eigenvalue weighted by atomic mass is 10.1. The fourth-order valence-electron chi connectivity index (χ4n) is 2.05. The Morgan fingerprint density at radius 2 is 1.43 bits per heavy atom. The molecule has 4 heteroatoms. The van der Waals surface area contributed by atoms with Gasteiger partial charge in [-0.25, -0.2) is 0 Å². The lowest BCUT2D eigenvalue weighted by Crippen LogP contribution is -2.40. The number of amides is 2. The second-order valence-corrected chi connectivity index (χ2v) is 6.61. The fourth-order valence-corrected chi connectivity index (χ4v) is 2.05. The molecule has 0 saturated heterocycles. The van der Waals surface area contributed by atoms with Crippen molar-refractivity contribution in [3.8, 4) is 0 Å². The third kappa shape index (κ3) is 4.95. The van der Waals surface area contributed by atoms with Crippen LogP contribution in [0.5, 0.6) is 0 Å². The molecule has 0 heterocycles. The topological polar surface area (TPSA) is 58.2 Å².